The van der Waals surface area contributed by atoms with Gasteiger partial charge in [0.25, 0.3) is 10.0 Å². The Kier molecular flexibility index (Phi) is 4.74. The molecule has 8 heteroatoms. The summed E-state index contributed by atoms with van der Waals surface area (Å²) in [6.45, 7) is 2.63. The van der Waals surface area contributed by atoms with Crippen molar-refractivity contribution < 1.29 is 16.8 Å². The first kappa shape index (κ1) is 18.7. The number of hydrogen-bond acceptors (Lipinski definition) is 5. The summed E-state index contributed by atoms with van der Waals surface area (Å²) in [7, 11) is -5.25. The number of fused-ring (bicyclic) bond motifs is 1. The first-order valence-corrected chi connectivity index (χ1v) is 11.6. The summed E-state index contributed by atoms with van der Waals surface area (Å²) in [4.78, 5) is 2.23. The van der Waals surface area contributed by atoms with Gasteiger partial charge >= 0.3 is 0 Å². The van der Waals surface area contributed by atoms with Gasteiger partial charge in [0.15, 0.2) is 9.84 Å². The number of rotatable bonds is 3. The molecule has 26 heavy (non-hydrogen) atoms. The van der Waals surface area contributed by atoms with Crippen LogP contribution in [-0.4, -0.2) is 42.7 Å². The van der Waals surface area contributed by atoms with Crippen LogP contribution >= 0.6 is 0 Å². The third-order valence-electron chi connectivity index (χ3n) is 4.62. The minimum atomic E-state index is -3.82. The molecule has 0 saturated heterocycles. The highest BCUT2D eigenvalue weighted by Crippen LogP contribution is 2.37. The van der Waals surface area contributed by atoms with E-state index in [2.05, 4.69) is 0 Å². The maximum absolute atomic E-state index is 13.3. The second kappa shape index (κ2) is 6.59. The van der Waals surface area contributed by atoms with E-state index in [9.17, 15) is 16.8 Å². The van der Waals surface area contributed by atoms with E-state index in [1.807, 2.05) is 37.1 Å². The molecule has 0 aromatic heterocycles. The van der Waals surface area contributed by atoms with E-state index in [4.69, 9.17) is 0 Å². The average molecular weight is 395 g/mol. The summed E-state index contributed by atoms with van der Waals surface area (Å²) in [6, 6.07) is 12.6. The lowest BCUT2D eigenvalue weighted by molar-refractivity contribution is 0.574. The molecule has 6 nitrogen and oxygen atoms in total. The van der Waals surface area contributed by atoms with Gasteiger partial charge in [0.1, 0.15) is 0 Å². The second-order valence-corrected chi connectivity index (χ2v) is 10.4. The second-order valence-electron chi connectivity index (χ2n) is 6.59. The van der Waals surface area contributed by atoms with Gasteiger partial charge < -0.3 is 4.90 Å². The lowest BCUT2D eigenvalue weighted by atomic mass is 10.2. The Morgan fingerprint density at radius 3 is 2.00 bits per heavy atom. The molecule has 1 heterocycles. The summed E-state index contributed by atoms with van der Waals surface area (Å²) in [5.41, 5.74) is 1.49. The zero-order chi connectivity index (χ0) is 19.1. The van der Waals surface area contributed by atoms with Crippen molar-refractivity contribution in [3.05, 3.63) is 48.5 Å². The Morgan fingerprint density at radius 2 is 1.42 bits per heavy atom. The van der Waals surface area contributed by atoms with Crippen LogP contribution in [0.4, 0.5) is 11.4 Å². The van der Waals surface area contributed by atoms with E-state index in [0.29, 0.717) is 12.1 Å². The van der Waals surface area contributed by atoms with Crippen LogP contribution in [0.3, 0.4) is 0 Å². The molecule has 0 saturated carbocycles. The van der Waals surface area contributed by atoms with Gasteiger partial charge in [0.05, 0.1) is 21.2 Å². The number of sulfonamides is 1. The van der Waals surface area contributed by atoms with Crippen LogP contribution in [0.2, 0.25) is 0 Å². The van der Waals surface area contributed by atoms with Crippen LogP contribution in [0.25, 0.3) is 0 Å². The van der Waals surface area contributed by atoms with E-state index in [1.165, 1.54) is 28.6 Å². The molecule has 0 bridgehead atoms. The Labute approximate surface area is 155 Å². The van der Waals surface area contributed by atoms with E-state index in [0.717, 1.165) is 18.5 Å². The van der Waals surface area contributed by atoms with Crippen molar-refractivity contribution in [2.75, 3.05) is 29.1 Å². The molecule has 0 spiro atoms. The van der Waals surface area contributed by atoms with Gasteiger partial charge in [-0.25, -0.2) is 16.8 Å². The fourth-order valence-corrected chi connectivity index (χ4v) is 5.50. The molecule has 0 fully saturated rings. The van der Waals surface area contributed by atoms with Crippen LogP contribution in [0.1, 0.15) is 13.3 Å². The molecule has 1 atom stereocenters. The maximum Gasteiger partial charge on any atom is 0.264 e. The number of anilines is 2. The van der Waals surface area contributed by atoms with Crippen LogP contribution in [0.15, 0.2) is 58.3 Å². The first-order chi connectivity index (χ1) is 12.1. The Bertz CT molecular complexity index is 1020. The molecule has 1 aliphatic heterocycles. The third kappa shape index (κ3) is 3.31. The highest BCUT2D eigenvalue weighted by atomic mass is 32.2. The van der Waals surface area contributed by atoms with Crippen LogP contribution in [0, 0.1) is 0 Å². The molecular weight excluding hydrogens is 372 g/mol. The lowest BCUT2D eigenvalue weighted by Crippen LogP contribution is -2.38. The van der Waals surface area contributed by atoms with Crippen molar-refractivity contribution in [3.63, 3.8) is 0 Å². The van der Waals surface area contributed by atoms with Crippen molar-refractivity contribution in [1.29, 1.82) is 0 Å². The summed E-state index contributed by atoms with van der Waals surface area (Å²) in [5, 5.41) is 0. The molecule has 0 amide bonds. The molecule has 0 radical (unpaired) electrons. The quantitative estimate of drug-likeness (QED) is 0.800. The van der Waals surface area contributed by atoms with Crippen molar-refractivity contribution in [2.45, 2.75) is 29.2 Å². The smallest absolute Gasteiger partial charge is 0.264 e. The van der Waals surface area contributed by atoms with Gasteiger partial charge in [-0.3, -0.25) is 4.31 Å². The highest BCUT2D eigenvalue weighted by molar-refractivity contribution is 7.93. The molecule has 0 unspecified atom stereocenters. The third-order valence-corrected chi connectivity index (χ3v) is 7.69. The van der Waals surface area contributed by atoms with Crippen LogP contribution < -0.4 is 9.21 Å². The zero-order valence-corrected chi connectivity index (χ0v) is 16.6. The van der Waals surface area contributed by atoms with Gasteiger partial charge in [0.2, 0.25) is 0 Å². The molecule has 0 aliphatic carbocycles. The Hall–Kier alpha value is -2.06. The summed E-state index contributed by atoms with van der Waals surface area (Å²) < 4.78 is 51.4. The fraction of sp³-hybridized carbons (Fsp3) is 0.333. The molecule has 0 N–H and O–H groups in total. The van der Waals surface area contributed by atoms with Crippen LogP contribution in [0.5, 0.6) is 0 Å². The Balaban J connectivity index is 2.12. The number of sulfone groups is 1. The van der Waals surface area contributed by atoms with Crippen molar-refractivity contribution in [2.24, 2.45) is 0 Å². The summed E-state index contributed by atoms with van der Waals surface area (Å²) in [5.74, 6) is 0. The monoisotopic (exact) mass is 394 g/mol. The van der Waals surface area contributed by atoms with E-state index in [1.54, 1.807) is 6.07 Å². The lowest BCUT2D eigenvalue weighted by Gasteiger charge is -2.29. The predicted octanol–water partition coefficient (Wildman–Crippen LogP) is 2.51. The number of hydrogen-bond donors (Lipinski definition) is 0. The minimum Gasteiger partial charge on any atom is -0.373 e. The molecule has 140 valence electrons. The number of para-hydroxylation sites is 2. The standard InChI is InChI=1S/C18H22N2O4S2/c1-14-12-13-19(2)17-6-4-5-7-18(17)20(14)26(23,24)16-10-8-15(9-11-16)25(3,21)22/h4-11,14H,12-13H2,1-3H3/t14-/m0/s1. The molecule has 2 aromatic rings. The number of nitrogens with zero attached hydrogens (tertiary/aromatic N) is 2. The zero-order valence-electron chi connectivity index (χ0n) is 15.0. The predicted molar refractivity (Wildman–Crippen MR) is 103 cm³/mol. The van der Waals surface area contributed by atoms with Gasteiger partial charge in [-0.15, -0.1) is 0 Å². The average Bonchev–Trinajstić information content (AvgIpc) is 2.71. The molecular formula is C18H22N2O4S2. The SMILES string of the molecule is C[C@H]1CCN(C)c2ccccc2N1S(=O)(=O)c1ccc(S(C)(=O)=O)cc1. The van der Waals surface area contributed by atoms with Crippen molar-refractivity contribution in [3.8, 4) is 0 Å². The maximum atomic E-state index is 13.3. The van der Waals surface area contributed by atoms with Gasteiger partial charge in [-0.2, -0.15) is 0 Å². The van der Waals surface area contributed by atoms with Crippen LogP contribution in [-0.2, 0) is 19.9 Å². The van der Waals surface area contributed by atoms with E-state index in [-0.39, 0.29) is 15.8 Å². The normalized spacial score (nSPS) is 18.3. The van der Waals surface area contributed by atoms with E-state index >= 15 is 0 Å². The topological polar surface area (TPSA) is 74.8 Å². The summed E-state index contributed by atoms with van der Waals surface area (Å²) in [6.07, 6.45) is 1.78. The fourth-order valence-electron chi connectivity index (χ4n) is 3.17. The molecule has 3 rings (SSSR count). The Morgan fingerprint density at radius 1 is 0.885 bits per heavy atom. The van der Waals surface area contributed by atoms with E-state index < -0.39 is 19.9 Å². The van der Waals surface area contributed by atoms with Crippen molar-refractivity contribution >= 4 is 31.2 Å². The largest absolute Gasteiger partial charge is 0.373 e. The highest BCUT2D eigenvalue weighted by Gasteiger charge is 2.33. The minimum absolute atomic E-state index is 0.0797. The number of benzene rings is 2. The first-order valence-electron chi connectivity index (χ1n) is 8.27. The van der Waals surface area contributed by atoms with Gasteiger partial charge in [0, 0.05) is 25.9 Å². The summed E-state index contributed by atoms with van der Waals surface area (Å²) >= 11 is 0. The molecule has 1 aliphatic rings. The van der Waals surface area contributed by atoms with Gasteiger partial charge in [-0.1, -0.05) is 12.1 Å². The van der Waals surface area contributed by atoms with Crippen molar-refractivity contribution in [1.82, 2.24) is 0 Å². The van der Waals surface area contributed by atoms with Gasteiger partial charge in [-0.05, 0) is 49.7 Å². The molecule has 2 aromatic carbocycles.